The van der Waals surface area contributed by atoms with E-state index in [1.807, 2.05) is 19.1 Å². The van der Waals surface area contributed by atoms with Crippen LogP contribution in [0, 0.1) is 6.92 Å². The molecule has 0 aliphatic carbocycles. The van der Waals surface area contributed by atoms with Crippen LogP contribution in [-0.2, 0) is 4.79 Å². The molecule has 0 saturated heterocycles. The number of carbonyl (C=O) groups excluding carboxylic acids is 2. The number of amides is 2. The quantitative estimate of drug-likeness (QED) is 0.848. The van der Waals surface area contributed by atoms with Crippen molar-refractivity contribution in [3.63, 3.8) is 0 Å². The Morgan fingerprint density at radius 3 is 2.70 bits per heavy atom. The molecule has 0 spiro atoms. The smallest absolute Gasteiger partial charge is 0.248 e. The van der Waals surface area contributed by atoms with Crippen LogP contribution in [-0.4, -0.2) is 11.8 Å². The van der Waals surface area contributed by atoms with Gasteiger partial charge in [-0.2, -0.15) is 0 Å². The van der Waals surface area contributed by atoms with E-state index in [9.17, 15) is 9.59 Å². The Labute approximate surface area is 120 Å². The van der Waals surface area contributed by atoms with Crippen LogP contribution >= 0.6 is 11.3 Å². The summed E-state index contributed by atoms with van der Waals surface area (Å²) in [6, 6.07) is 10.5. The Balaban J connectivity index is 2.02. The van der Waals surface area contributed by atoms with Crippen molar-refractivity contribution < 1.29 is 9.59 Å². The molecule has 0 fully saturated rings. The molecule has 1 aromatic heterocycles. The standard InChI is InChI=1S/C15H14N2O2S/c1-10-5-6-13(20-10)7-8-14(18)17-12-4-2-3-11(9-12)15(16)19/h2-9H,1H3,(H2,16,19)(H,17,18)/b8-7+. The highest BCUT2D eigenvalue weighted by molar-refractivity contribution is 7.12. The van der Waals surface area contributed by atoms with Gasteiger partial charge in [-0.25, -0.2) is 0 Å². The molecule has 2 aromatic rings. The van der Waals surface area contributed by atoms with E-state index in [2.05, 4.69) is 5.32 Å². The van der Waals surface area contributed by atoms with Crippen molar-refractivity contribution in [1.82, 2.24) is 0 Å². The monoisotopic (exact) mass is 286 g/mol. The van der Waals surface area contributed by atoms with E-state index in [0.717, 1.165) is 4.88 Å². The van der Waals surface area contributed by atoms with Gasteiger partial charge in [-0.1, -0.05) is 6.07 Å². The van der Waals surface area contributed by atoms with Crippen molar-refractivity contribution in [1.29, 1.82) is 0 Å². The summed E-state index contributed by atoms with van der Waals surface area (Å²) in [5, 5.41) is 2.69. The maximum Gasteiger partial charge on any atom is 0.248 e. The Kier molecular flexibility index (Phi) is 4.32. The summed E-state index contributed by atoms with van der Waals surface area (Å²) in [5.41, 5.74) is 6.09. The second kappa shape index (κ2) is 6.16. The lowest BCUT2D eigenvalue weighted by Gasteiger charge is -2.03. The van der Waals surface area contributed by atoms with E-state index in [-0.39, 0.29) is 5.91 Å². The van der Waals surface area contributed by atoms with Crippen molar-refractivity contribution in [3.8, 4) is 0 Å². The van der Waals surface area contributed by atoms with E-state index in [1.165, 1.54) is 11.0 Å². The molecule has 20 heavy (non-hydrogen) atoms. The Hall–Kier alpha value is -2.40. The third-order valence-corrected chi connectivity index (χ3v) is 3.54. The average molecular weight is 286 g/mol. The zero-order chi connectivity index (χ0) is 14.5. The van der Waals surface area contributed by atoms with Gasteiger partial charge in [0.15, 0.2) is 0 Å². The van der Waals surface area contributed by atoms with Crippen molar-refractivity contribution in [2.45, 2.75) is 6.92 Å². The lowest BCUT2D eigenvalue weighted by atomic mass is 10.2. The van der Waals surface area contributed by atoms with Gasteiger partial charge in [0.1, 0.15) is 0 Å². The number of hydrogen-bond donors (Lipinski definition) is 2. The van der Waals surface area contributed by atoms with Gasteiger partial charge in [-0.15, -0.1) is 11.3 Å². The molecule has 1 aromatic carbocycles. The molecule has 0 unspecified atom stereocenters. The molecule has 2 rings (SSSR count). The minimum Gasteiger partial charge on any atom is -0.366 e. The van der Waals surface area contributed by atoms with Gasteiger partial charge in [-0.05, 0) is 43.3 Å². The molecular formula is C15H14N2O2S. The van der Waals surface area contributed by atoms with Gasteiger partial charge in [0.2, 0.25) is 11.8 Å². The van der Waals surface area contributed by atoms with Gasteiger partial charge < -0.3 is 11.1 Å². The highest BCUT2D eigenvalue weighted by Crippen LogP contribution is 2.16. The molecule has 0 aliphatic heterocycles. The zero-order valence-electron chi connectivity index (χ0n) is 10.9. The molecule has 102 valence electrons. The summed E-state index contributed by atoms with van der Waals surface area (Å²) >= 11 is 1.61. The number of thiophene rings is 1. The molecular weight excluding hydrogens is 272 g/mol. The first kappa shape index (κ1) is 14.0. The van der Waals surface area contributed by atoms with E-state index in [0.29, 0.717) is 11.3 Å². The van der Waals surface area contributed by atoms with Crippen LogP contribution in [0.2, 0.25) is 0 Å². The summed E-state index contributed by atoms with van der Waals surface area (Å²) in [6.07, 6.45) is 3.22. The van der Waals surface area contributed by atoms with Crippen molar-refractivity contribution in [2.75, 3.05) is 5.32 Å². The number of nitrogens with one attached hydrogen (secondary N) is 1. The minimum atomic E-state index is -0.522. The number of anilines is 1. The fraction of sp³-hybridized carbons (Fsp3) is 0.0667. The molecule has 5 heteroatoms. The number of carbonyl (C=O) groups is 2. The average Bonchev–Trinajstić information content (AvgIpc) is 2.82. The highest BCUT2D eigenvalue weighted by Gasteiger charge is 2.03. The molecule has 4 nitrogen and oxygen atoms in total. The van der Waals surface area contributed by atoms with Crippen LogP contribution in [0.25, 0.3) is 6.08 Å². The summed E-state index contributed by atoms with van der Waals surface area (Å²) in [6.45, 7) is 2.01. The lowest BCUT2D eigenvalue weighted by Crippen LogP contribution is -2.12. The highest BCUT2D eigenvalue weighted by atomic mass is 32.1. The SMILES string of the molecule is Cc1ccc(/C=C/C(=O)Nc2cccc(C(N)=O)c2)s1. The van der Waals surface area contributed by atoms with Crippen LogP contribution in [0.1, 0.15) is 20.1 Å². The topological polar surface area (TPSA) is 72.2 Å². The molecule has 0 aliphatic rings. The van der Waals surface area contributed by atoms with Gasteiger partial charge >= 0.3 is 0 Å². The van der Waals surface area contributed by atoms with Crippen molar-refractivity contribution >= 4 is 34.9 Å². The van der Waals surface area contributed by atoms with Crippen LogP contribution < -0.4 is 11.1 Å². The van der Waals surface area contributed by atoms with Gasteiger partial charge in [0.05, 0.1) is 0 Å². The summed E-state index contributed by atoms with van der Waals surface area (Å²) in [5.74, 6) is -0.775. The first-order valence-corrected chi connectivity index (χ1v) is 6.81. The number of hydrogen-bond acceptors (Lipinski definition) is 3. The van der Waals surface area contributed by atoms with Crippen molar-refractivity contribution in [3.05, 3.63) is 57.8 Å². The van der Waals surface area contributed by atoms with Crippen LogP contribution in [0.5, 0.6) is 0 Å². The number of rotatable bonds is 4. The largest absolute Gasteiger partial charge is 0.366 e. The molecule has 3 N–H and O–H groups in total. The van der Waals surface area contributed by atoms with Crippen molar-refractivity contribution in [2.24, 2.45) is 5.73 Å². The van der Waals surface area contributed by atoms with Gasteiger partial charge in [-0.3, -0.25) is 9.59 Å². The first-order valence-electron chi connectivity index (χ1n) is 6.00. The molecule has 0 radical (unpaired) electrons. The molecule has 0 bridgehead atoms. The normalized spacial score (nSPS) is 10.7. The fourth-order valence-electron chi connectivity index (χ4n) is 1.63. The molecule has 2 amide bonds. The molecule has 1 heterocycles. The second-order valence-corrected chi connectivity index (χ2v) is 5.54. The predicted molar refractivity (Wildman–Crippen MR) is 81.7 cm³/mol. The molecule has 0 atom stereocenters. The second-order valence-electron chi connectivity index (χ2n) is 4.22. The van der Waals surface area contributed by atoms with E-state index in [4.69, 9.17) is 5.73 Å². The molecule has 0 saturated carbocycles. The fourth-order valence-corrected chi connectivity index (χ4v) is 2.41. The third kappa shape index (κ3) is 3.80. The van der Waals surface area contributed by atoms with Gasteiger partial charge in [0, 0.05) is 27.1 Å². The van der Waals surface area contributed by atoms with E-state index in [1.54, 1.807) is 41.7 Å². The van der Waals surface area contributed by atoms with E-state index >= 15 is 0 Å². The van der Waals surface area contributed by atoms with Crippen LogP contribution in [0.4, 0.5) is 5.69 Å². The number of primary amides is 1. The Morgan fingerprint density at radius 1 is 1.25 bits per heavy atom. The zero-order valence-corrected chi connectivity index (χ0v) is 11.7. The Morgan fingerprint density at radius 2 is 2.05 bits per heavy atom. The number of nitrogens with two attached hydrogens (primary N) is 1. The maximum atomic E-state index is 11.8. The predicted octanol–water partition coefficient (Wildman–Crippen LogP) is 2.81. The number of aryl methyl sites for hydroxylation is 1. The summed E-state index contributed by atoms with van der Waals surface area (Å²) in [4.78, 5) is 25.0. The third-order valence-electron chi connectivity index (χ3n) is 2.57. The summed E-state index contributed by atoms with van der Waals surface area (Å²) < 4.78 is 0. The van der Waals surface area contributed by atoms with Crippen LogP contribution in [0.3, 0.4) is 0 Å². The Bertz CT molecular complexity index is 674. The summed E-state index contributed by atoms with van der Waals surface area (Å²) in [7, 11) is 0. The maximum absolute atomic E-state index is 11.8. The van der Waals surface area contributed by atoms with Crippen LogP contribution in [0.15, 0.2) is 42.5 Å². The van der Waals surface area contributed by atoms with Gasteiger partial charge in [0.25, 0.3) is 0 Å². The number of benzene rings is 1. The van der Waals surface area contributed by atoms with E-state index < -0.39 is 5.91 Å². The first-order chi connectivity index (χ1) is 9.54. The minimum absolute atomic E-state index is 0.252. The lowest BCUT2D eigenvalue weighted by molar-refractivity contribution is -0.111.